The summed E-state index contributed by atoms with van der Waals surface area (Å²) in [7, 11) is 1.12. The van der Waals surface area contributed by atoms with Crippen molar-refractivity contribution in [1.82, 2.24) is 5.48 Å². The van der Waals surface area contributed by atoms with Crippen LogP contribution in [0.1, 0.15) is 24.2 Å². The van der Waals surface area contributed by atoms with Gasteiger partial charge >= 0.3 is 5.97 Å². The number of carbonyl (C=O) groups is 2. The third kappa shape index (κ3) is 8.16. The van der Waals surface area contributed by atoms with Crippen molar-refractivity contribution in [3.8, 4) is 0 Å². The Morgan fingerprint density at radius 3 is 2.32 bits per heavy atom. The topological polar surface area (TPSA) is 111 Å². The van der Waals surface area contributed by atoms with Crippen molar-refractivity contribution >= 4 is 35.1 Å². The van der Waals surface area contributed by atoms with E-state index in [1.165, 1.54) is 18.2 Å². The molecule has 22 heavy (non-hydrogen) atoms. The Morgan fingerprint density at radius 2 is 1.86 bits per heavy atom. The van der Waals surface area contributed by atoms with Gasteiger partial charge in [-0.1, -0.05) is 37.0 Å². The Hall–Kier alpha value is -1.38. The van der Waals surface area contributed by atoms with E-state index in [9.17, 15) is 9.59 Å². The van der Waals surface area contributed by atoms with Crippen molar-refractivity contribution in [2.45, 2.75) is 26.2 Å². The second-order valence-electron chi connectivity index (χ2n) is 4.32. The second kappa shape index (κ2) is 10.4. The first-order chi connectivity index (χ1) is 10.2. The summed E-state index contributed by atoms with van der Waals surface area (Å²) < 4.78 is 4.46. The first kappa shape index (κ1) is 20.6. The SMILES string of the molecule is CC(C)N.COC(ONC(=O)c1cc(Cl)ccc1Cl)C(=O)O. The smallest absolute Gasteiger partial charge is 0.363 e. The first-order valence-corrected chi connectivity index (χ1v) is 6.86. The minimum absolute atomic E-state index is 0.0596. The molecule has 9 heteroatoms. The molecular formula is C13H18Cl2N2O5. The number of hydrogen-bond donors (Lipinski definition) is 3. The number of hydroxylamine groups is 1. The highest BCUT2D eigenvalue weighted by Crippen LogP contribution is 2.20. The quantitative estimate of drug-likeness (QED) is 0.552. The summed E-state index contributed by atoms with van der Waals surface area (Å²) in [6, 6.07) is 4.60. The molecule has 1 aromatic rings. The zero-order chi connectivity index (χ0) is 17.3. The standard InChI is InChI=1S/C10H9Cl2NO5.C3H9N/c1-17-10(9(15)16)18-13-8(14)6-4-5(11)2-3-7(6)12;1-3(2)4/h2-4,10H,1H3,(H,13,14)(H,15,16);3H,4H2,1-2H3. The summed E-state index contributed by atoms with van der Waals surface area (Å²) in [5.41, 5.74) is 7.08. The molecule has 0 saturated heterocycles. The molecule has 0 fully saturated rings. The molecule has 1 rings (SSSR count). The summed E-state index contributed by atoms with van der Waals surface area (Å²) in [6.07, 6.45) is -1.60. The molecule has 1 atom stereocenters. The lowest BCUT2D eigenvalue weighted by Crippen LogP contribution is -2.35. The first-order valence-electron chi connectivity index (χ1n) is 6.11. The number of nitrogens with one attached hydrogen (secondary N) is 1. The number of aliphatic carboxylic acids is 1. The van der Waals surface area contributed by atoms with Crippen LogP contribution in [0.25, 0.3) is 0 Å². The fourth-order valence-corrected chi connectivity index (χ4v) is 1.41. The molecule has 4 N–H and O–H groups in total. The monoisotopic (exact) mass is 352 g/mol. The molecule has 1 unspecified atom stereocenters. The second-order valence-corrected chi connectivity index (χ2v) is 5.17. The number of nitrogens with two attached hydrogens (primary N) is 1. The number of ether oxygens (including phenoxy) is 1. The fourth-order valence-electron chi connectivity index (χ4n) is 1.03. The molecule has 0 spiro atoms. The van der Waals surface area contributed by atoms with E-state index in [0.29, 0.717) is 11.1 Å². The van der Waals surface area contributed by atoms with E-state index in [-0.39, 0.29) is 10.6 Å². The van der Waals surface area contributed by atoms with E-state index in [1.54, 1.807) is 0 Å². The summed E-state index contributed by atoms with van der Waals surface area (Å²) in [4.78, 5) is 26.7. The normalized spacial score (nSPS) is 11.4. The van der Waals surface area contributed by atoms with Crippen molar-refractivity contribution in [2.24, 2.45) is 5.73 Å². The highest BCUT2D eigenvalue weighted by molar-refractivity contribution is 6.35. The highest BCUT2D eigenvalue weighted by Gasteiger charge is 2.20. The molecule has 0 radical (unpaired) electrons. The van der Waals surface area contributed by atoms with Gasteiger partial charge in [-0.15, -0.1) is 0 Å². The lowest BCUT2D eigenvalue weighted by atomic mass is 10.2. The summed E-state index contributed by atoms with van der Waals surface area (Å²) in [5, 5.41) is 9.08. The summed E-state index contributed by atoms with van der Waals surface area (Å²) >= 11 is 11.5. The van der Waals surface area contributed by atoms with E-state index in [2.05, 4.69) is 9.57 Å². The third-order valence-corrected chi connectivity index (χ3v) is 2.41. The Labute approximate surface area is 138 Å². The Balaban J connectivity index is 0.000000980. The lowest BCUT2D eigenvalue weighted by Gasteiger charge is -2.12. The molecule has 0 saturated carbocycles. The van der Waals surface area contributed by atoms with Crippen LogP contribution in [-0.2, 0) is 14.4 Å². The van der Waals surface area contributed by atoms with Crippen molar-refractivity contribution in [3.63, 3.8) is 0 Å². The van der Waals surface area contributed by atoms with Gasteiger partial charge in [0.15, 0.2) is 0 Å². The highest BCUT2D eigenvalue weighted by atomic mass is 35.5. The number of benzene rings is 1. The van der Waals surface area contributed by atoms with Gasteiger partial charge in [-0.25, -0.2) is 15.1 Å². The molecule has 1 amide bonds. The molecular weight excluding hydrogens is 335 g/mol. The van der Waals surface area contributed by atoms with Crippen LogP contribution in [0.4, 0.5) is 0 Å². The van der Waals surface area contributed by atoms with Gasteiger partial charge in [0.2, 0.25) is 0 Å². The van der Waals surface area contributed by atoms with Crippen LogP contribution in [0.5, 0.6) is 0 Å². The number of rotatable bonds is 5. The van der Waals surface area contributed by atoms with Gasteiger partial charge in [-0.3, -0.25) is 4.79 Å². The van der Waals surface area contributed by atoms with Crippen molar-refractivity contribution in [1.29, 1.82) is 0 Å². The van der Waals surface area contributed by atoms with E-state index in [1.807, 2.05) is 19.3 Å². The summed E-state index contributed by atoms with van der Waals surface area (Å²) in [5.74, 6) is -2.11. The molecule has 0 aliphatic carbocycles. The van der Waals surface area contributed by atoms with Gasteiger partial charge in [0.05, 0.1) is 10.6 Å². The minimum Gasteiger partial charge on any atom is -0.477 e. The van der Waals surface area contributed by atoms with E-state index >= 15 is 0 Å². The molecule has 0 aliphatic heterocycles. The third-order valence-electron chi connectivity index (χ3n) is 1.85. The molecule has 0 bridgehead atoms. The number of carboxylic acid groups (broad SMARTS) is 1. The zero-order valence-electron chi connectivity index (χ0n) is 12.3. The maximum Gasteiger partial charge on any atom is 0.363 e. The van der Waals surface area contributed by atoms with Gasteiger partial charge in [-0.2, -0.15) is 0 Å². The van der Waals surface area contributed by atoms with Crippen molar-refractivity contribution in [3.05, 3.63) is 33.8 Å². The van der Waals surface area contributed by atoms with Crippen molar-refractivity contribution in [2.75, 3.05) is 7.11 Å². The Bertz CT molecular complexity index is 508. The van der Waals surface area contributed by atoms with Crippen LogP contribution in [0.2, 0.25) is 10.0 Å². The van der Waals surface area contributed by atoms with Crippen LogP contribution in [0.15, 0.2) is 18.2 Å². The van der Waals surface area contributed by atoms with Crippen LogP contribution in [0, 0.1) is 0 Å². The predicted octanol–water partition coefficient (Wildman–Crippen LogP) is 2.07. The van der Waals surface area contributed by atoms with Crippen LogP contribution >= 0.6 is 23.2 Å². The average Bonchev–Trinajstić information content (AvgIpc) is 2.41. The van der Waals surface area contributed by atoms with E-state index in [0.717, 1.165) is 7.11 Å². The van der Waals surface area contributed by atoms with Gasteiger partial charge in [0, 0.05) is 12.1 Å². The molecule has 0 heterocycles. The van der Waals surface area contributed by atoms with Crippen LogP contribution in [0.3, 0.4) is 0 Å². The van der Waals surface area contributed by atoms with Gasteiger partial charge in [-0.05, 0) is 24.2 Å². The molecule has 0 aromatic heterocycles. The lowest BCUT2D eigenvalue weighted by molar-refractivity contribution is -0.193. The molecule has 1 aromatic carbocycles. The number of hydrogen-bond acceptors (Lipinski definition) is 5. The maximum atomic E-state index is 11.6. The van der Waals surface area contributed by atoms with Gasteiger partial charge < -0.3 is 15.6 Å². The molecule has 0 aliphatic rings. The minimum atomic E-state index is -1.60. The predicted molar refractivity (Wildman–Crippen MR) is 82.8 cm³/mol. The maximum absolute atomic E-state index is 11.6. The van der Waals surface area contributed by atoms with E-state index < -0.39 is 18.2 Å². The number of amides is 1. The number of carbonyl (C=O) groups excluding carboxylic acids is 1. The number of halogens is 2. The Morgan fingerprint density at radius 1 is 1.32 bits per heavy atom. The number of carboxylic acids is 1. The van der Waals surface area contributed by atoms with E-state index in [4.69, 9.17) is 34.0 Å². The molecule has 124 valence electrons. The largest absolute Gasteiger partial charge is 0.477 e. The number of methoxy groups -OCH3 is 1. The van der Waals surface area contributed by atoms with Crippen molar-refractivity contribution < 1.29 is 24.3 Å². The average molecular weight is 353 g/mol. The fraction of sp³-hybridized carbons (Fsp3) is 0.385. The summed E-state index contributed by atoms with van der Waals surface area (Å²) in [6.45, 7) is 3.89. The van der Waals surface area contributed by atoms with Gasteiger partial charge in [0.25, 0.3) is 12.2 Å². The molecule has 7 nitrogen and oxygen atoms in total. The zero-order valence-corrected chi connectivity index (χ0v) is 13.8. The van der Waals surface area contributed by atoms with Gasteiger partial charge in [0.1, 0.15) is 0 Å². The Kier molecular flexibility index (Phi) is 9.71. The van der Waals surface area contributed by atoms with Crippen LogP contribution in [-0.4, -0.2) is 36.4 Å². The van der Waals surface area contributed by atoms with Crippen LogP contribution < -0.4 is 11.2 Å².